The fraction of sp³-hybridized carbons (Fsp3) is 0.158. The van der Waals surface area contributed by atoms with E-state index in [0.717, 1.165) is 29.6 Å². The number of hydrogen-bond donors (Lipinski definition) is 1. The van der Waals surface area contributed by atoms with Crippen LogP contribution in [-0.4, -0.2) is 16.5 Å². The van der Waals surface area contributed by atoms with Crippen LogP contribution >= 0.6 is 0 Å². The van der Waals surface area contributed by atoms with Crippen molar-refractivity contribution in [2.24, 2.45) is 0 Å². The number of para-hydroxylation sites is 1. The summed E-state index contributed by atoms with van der Waals surface area (Å²) in [7, 11) is 0. The van der Waals surface area contributed by atoms with Crippen molar-refractivity contribution in [3.8, 4) is 0 Å². The molecule has 0 aliphatic carbocycles. The lowest BCUT2D eigenvalue weighted by molar-refractivity contribution is 0.977. The van der Waals surface area contributed by atoms with Gasteiger partial charge in [-0.05, 0) is 38.1 Å². The number of benzene rings is 2. The Bertz CT molecular complexity index is 754. The fourth-order valence-electron chi connectivity index (χ4n) is 2.43. The molecule has 0 spiro atoms. The Kier molecular flexibility index (Phi) is 4.52. The second-order valence-corrected chi connectivity index (χ2v) is 5.33. The molecule has 0 saturated carbocycles. The third-order valence-electron chi connectivity index (χ3n) is 3.64. The van der Waals surface area contributed by atoms with Gasteiger partial charge in [0.15, 0.2) is 0 Å². The summed E-state index contributed by atoms with van der Waals surface area (Å²) >= 11 is 0. The molecule has 0 fully saturated rings. The minimum absolute atomic E-state index is 0.785. The van der Waals surface area contributed by atoms with Crippen molar-refractivity contribution in [2.75, 3.05) is 16.8 Å². The van der Waals surface area contributed by atoms with E-state index in [1.54, 1.807) is 6.33 Å². The van der Waals surface area contributed by atoms with Crippen molar-refractivity contribution in [2.45, 2.75) is 13.8 Å². The standard InChI is InChI=1S/C19H20N4/c1-3-23(17-7-5-4-6-8-17)19-13-18(20-14-21-19)22-16-11-9-15(2)10-12-16/h4-14H,3H2,1-2H3,(H,20,21,22). The quantitative estimate of drug-likeness (QED) is 0.742. The molecule has 4 heteroatoms. The number of nitrogens with zero attached hydrogens (tertiary/aromatic N) is 3. The Hall–Kier alpha value is -2.88. The Labute approximate surface area is 136 Å². The van der Waals surface area contributed by atoms with Gasteiger partial charge in [0, 0.05) is 24.0 Å². The van der Waals surface area contributed by atoms with Crippen LogP contribution in [0.1, 0.15) is 12.5 Å². The summed E-state index contributed by atoms with van der Waals surface area (Å²) in [5, 5.41) is 3.32. The Balaban J connectivity index is 1.85. The average Bonchev–Trinajstić information content (AvgIpc) is 2.59. The monoisotopic (exact) mass is 304 g/mol. The summed E-state index contributed by atoms with van der Waals surface area (Å²) < 4.78 is 0. The summed E-state index contributed by atoms with van der Waals surface area (Å²) in [6, 6.07) is 20.5. The van der Waals surface area contributed by atoms with E-state index in [1.165, 1.54) is 5.56 Å². The number of aryl methyl sites for hydroxylation is 1. The normalized spacial score (nSPS) is 10.3. The predicted molar refractivity (Wildman–Crippen MR) is 95.6 cm³/mol. The highest BCUT2D eigenvalue weighted by Gasteiger charge is 2.09. The van der Waals surface area contributed by atoms with Crippen molar-refractivity contribution in [3.63, 3.8) is 0 Å². The molecule has 2 aromatic carbocycles. The van der Waals surface area contributed by atoms with Crippen molar-refractivity contribution < 1.29 is 0 Å². The molecular weight excluding hydrogens is 284 g/mol. The third kappa shape index (κ3) is 3.66. The lowest BCUT2D eigenvalue weighted by Crippen LogP contribution is -2.17. The summed E-state index contributed by atoms with van der Waals surface area (Å²) in [5.41, 5.74) is 3.37. The second-order valence-electron chi connectivity index (χ2n) is 5.33. The van der Waals surface area contributed by atoms with Gasteiger partial charge in [0.2, 0.25) is 0 Å². The van der Waals surface area contributed by atoms with Gasteiger partial charge in [-0.1, -0.05) is 35.9 Å². The number of anilines is 4. The summed E-state index contributed by atoms with van der Waals surface area (Å²) in [5.74, 6) is 1.66. The molecule has 0 saturated heterocycles. The smallest absolute Gasteiger partial charge is 0.138 e. The third-order valence-corrected chi connectivity index (χ3v) is 3.64. The van der Waals surface area contributed by atoms with Crippen LogP contribution in [-0.2, 0) is 0 Å². The number of hydrogen-bond acceptors (Lipinski definition) is 4. The van der Waals surface area contributed by atoms with Crippen LogP contribution in [0.4, 0.5) is 23.0 Å². The first-order valence-corrected chi connectivity index (χ1v) is 7.74. The van der Waals surface area contributed by atoms with Crippen molar-refractivity contribution in [1.82, 2.24) is 9.97 Å². The molecule has 1 N–H and O–H groups in total. The molecule has 0 bridgehead atoms. The van der Waals surface area contributed by atoms with E-state index in [9.17, 15) is 0 Å². The number of nitrogens with one attached hydrogen (secondary N) is 1. The van der Waals surface area contributed by atoms with E-state index in [-0.39, 0.29) is 0 Å². The SMILES string of the molecule is CCN(c1ccccc1)c1cc(Nc2ccc(C)cc2)ncn1. The van der Waals surface area contributed by atoms with Crippen molar-refractivity contribution >= 4 is 23.0 Å². The molecule has 1 heterocycles. The highest BCUT2D eigenvalue weighted by Crippen LogP contribution is 2.25. The van der Waals surface area contributed by atoms with Gasteiger partial charge in [-0.25, -0.2) is 9.97 Å². The van der Waals surface area contributed by atoms with Crippen LogP contribution in [0.5, 0.6) is 0 Å². The second kappa shape index (κ2) is 6.92. The van der Waals surface area contributed by atoms with E-state index in [2.05, 4.69) is 58.3 Å². The maximum Gasteiger partial charge on any atom is 0.138 e. The average molecular weight is 304 g/mol. The molecule has 0 aliphatic rings. The minimum atomic E-state index is 0.785. The van der Waals surface area contributed by atoms with Crippen LogP contribution in [0.25, 0.3) is 0 Å². The van der Waals surface area contributed by atoms with Crippen LogP contribution in [0, 0.1) is 6.92 Å². The van der Waals surface area contributed by atoms with E-state index in [4.69, 9.17) is 0 Å². The molecule has 0 aliphatic heterocycles. The Morgan fingerprint density at radius 1 is 0.957 bits per heavy atom. The molecular formula is C19H20N4. The van der Waals surface area contributed by atoms with Gasteiger partial charge in [0.05, 0.1) is 0 Å². The first-order chi connectivity index (χ1) is 11.3. The number of aromatic nitrogens is 2. The Morgan fingerprint density at radius 2 is 1.70 bits per heavy atom. The van der Waals surface area contributed by atoms with E-state index in [1.807, 2.05) is 36.4 Å². The zero-order valence-electron chi connectivity index (χ0n) is 13.4. The van der Waals surface area contributed by atoms with Gasteiger partial charge in [0.25, 0.3) is 0 Å². The lowest BCUT2D eigenvalue weighted by Gasteiger charge is -2.22. The van der Waals surface area contributed by atoms with Gasteiger partial charge < -0.3 is 10.2 Å². The van der Waals surface area contributed by atoms with Crippen molar-refractivity contribution in [1.29, 1.82) is 0 Å². The van der Waals surface area contributed by atoms with Crippen LogP contribution in [0.15, 0.2) is 67.0 Å². The number of rotatable bonds is 5. The zero-order valence-corrected chi connectivity index (χ0v) is 13.4. The summed E-state index contributed by atoms with van der Waals surface area (Å²) in [4.78, 5) is 10.9. The van der Waals surface area contributed by atoms with Crippen LogP contribution < -0.4 is 10.2 Å². The molecule has 23 heavy (non-hydrogen) atoms. The molecule has 1 aromatic heterocycles. The molecule has 116 valence electrons. The largest absolute Gasteiger partial charge is 0.340 e. The predicted octanol–water partition coefficient (Wildman–Crippen LogP) is 4.69. The van der Waals surface area contributed by atoms with Gasteiger partial charge >= 0.3 is 0 Å². The van der Waals surface area contributed by atoms with Gasteiger partial charge in [-0.2, -0.15) is 0 Å². The van der Waals surface area contributed by atoms with Gasteiger partial charge in [-0.15, -0.1) is 0 Å². The summed E-state index contributed by atoms with van der Waals surface area (Å²) in [6.45, 7) is 5.03. The fourth-order valence-corrected chi connectivity index (χ4v) is 2.43. The van der Waals surface area contributed by atoms with E-state index in [0.29, 0.717) is 0 Å². The topological polar surface area (TPSA) is 41.0 Å². The molecule has 0 atom stereocenters. The molecule has 0 radical (unpaired) electrons. The highest BCUT2D eigenvalue weighted by molar-refractivity contribution is 5.64. The van der Waals surface area contributed by atoms with Crippen LogP contribution in [0.3, 0.4) is 0 Å². The summed E-state index contributed by atoms with van der Waals surface area (Å²) in [6.07, 6.45) is 1.59. The highest BCUT2D eigenvalue weighted by atomic mass is 15.2. The molecule has 0 unspecified atom stereocenters. The maximum atomic E-state index is 4.42. The van der Waals surface area contributed by atoms with Gasteiger partial charge in [-0.3, -0.25) is 0 Å². The maximum absolute atomic E-state index is 4.42. The molecule has 4 nitrogen and oxygen atoms in total. The van der Waals surface area contributed by atoms with E-state index < -0.39 is 0 Å². The van der Waals surface area contributed by atoms with Crippen molar-refractivity contribution in [3.05, 3.63) is 72.6 Å². The van der Waals surface area contributed by atoms with E-state index >= 15 is 0 Å². The first-order valence-electron chi connectivity index (χ1n) is 7.74. The molecule has 3 rings (SSSR count). The van der Waals surface area contributed by atoms with Gasteiger partial charge in [0.1, 0.15) is 18.0 Å². The Morgan fingerprint density at radius 3 is 2.39 bits per heavy atom. The van der Waals surface area contributed by atoms with Crippen LogP contribution in [0.2, 0.25) is 0 Å². The zero-order chi connectivity index (χ0) is 16.1. The first kappa shape index (κ1) is 15.0. The lowest BCUT2D eigenvalue weighted by atomic mass is 10.2. The molecule has 3 aromatic rings. The molecule has 0 amide bonds. The minimum Gasteiger partial charge on any atom is -0.340 e.